The van der Waals surface area contributed by atoms with Gasteiger partial charge in [-0.05, 0) is 18.8 Å². The lowest BCUT2D eigenvalue weighted by Crippen LogP contribution is -2.26. The number of hydroxylamine groups is 1. The number of nitrogens with one attached hydrogen (secondary N) is 1. The molecule has 3 nitrogen and oxygen atoms in total. The minimum absolute atomic E-state index is 0.173. The molecular formula is C8H11NO2. The minimum Gasteiger partial charge on any atom is -0.270 e. The van der Waals surface area contributed by atoms with Gasteiger partial charge in [0.1, 0.15) is 0 Å². The van der Waals surface area contributed by atoms with Crippen molar-refractivity contribution in [2.45, 2.75) is 31.8 Å². The highest BCUT2D eigenvalue weighted by molar-refractivity contribution is 5.91. The largest absolute Gasteiger partial charge is 0.319 e. The molecule has 1 rings (SSSR count). The Morgan fingerprint density at radius 3 is 2.73 bits per heavy atom. The lowest BCUT2D eigenvalue weighted by molar-refractivity contribution is -0.132. The molecule has 0 saturated heterocycles. The van der Waals surface area contributed by atoms with Gasteiger partial charge in [0.15, 0.2) is 0 Å². The topological polar surface area (TPSA) is 38.3 Å². The standard InChI is InChI=1S/C8H11NO2/c1-2-8(10)9-11-7-5-3-4-6-7/h1,7H,3-6H2,(H,9,10). The van der Waals surface area contributed by atoms with E-state index in [1.165, 1.54) is 12.8 Å². The van der Waals surface area contributed by atoms with Gasteiger partial charge in [0, 0.05) is 0 Å². The van der Waals surface area contributed by atoms with Gasteiger partial charge in [-0.2, -0.15) is 0 Å². The van der Waals surface area contributed by atoms with Crippen molar-refractivity contribution in [3.8, 4) is 12.3 Å². The van der Waals surface area contributed by atoms with Crippen LogP contribution in [0, 0.1) is 12.3 Å². The van der Waals surface area contributed by atoms with Crippen LogP contribution in [0.1, 0.15) is 25.7 Å². The minimum atomic E-state index is -0.503. The second-order valence-electron chi connectivity index (χ2n) is 2.60. The SMILES string of the molecule is C#CC(=O)NOC1CCCC1. The summed E-state index contributed by atoms with van der Waals surface area (Å²) in [5.74, 6) is 1.41. The average molecular weight is 153 g/mol. The van der Waals surface area contributed by atoms with E-state index in [1.807, 2.05) is 5.92 Å². The lowest BCUT2D eigenvalue weighted by atomic mass is 10.3. The predicted octanol–water partition coefficient (Wildman–Crippen LogP) is 0.610. The van der Waals surface area contributed by atoms with Crippen molar-refractivity contribution < 1.29 is 9.63 Å². The average Bonchev–Trinajstić information content (AvgIpc) is 2.52. The summed E-state index contributed by atoms with van der Waals surface area (Å²) in [6, 6.07) is 0. The maximum absolute atomic E-state index is 10.5. The zero-order valence-electron chi connectivity index (χ0n) is 6.30. The van der Waals surface area contributed by atoms with E-state index < -0.39 is 5.91 Å². The third-order valence-corrected chi connectivity index (χ3v) is 1.75. The van der Waals surface area contributed by atoms with Gasteiger partial charge in [-0.3, -0.25) is 9.63 Å². The summed E-state index contributed by atoms with van der Waals surface area (Å²) in [5, 5.41) is 0. The van der Waals surface area contributed by atoms with Gasteiger partial charge in [-0.15, -0.1) is 6.42 Å². The van der Waals surface area contributed by atoms with Gasteiger partial charge < -0.3 is 0 Å². The number of amides is 1. The summed E-state index contributed by atoms with van der Waals surface area (Å²) in [7, 11) is 0. The molecule has 0 aromatic heterocycles. The normalized spacial score (nSPS) is 17.7. The molecule has 0 atom stereocenters. The maximum Gasteiger partial charge on any atom is 0.319 e. The quantitative estimate of drug-likeness (QED) is 0.466. The Balaban J connectivity index is 2.12. The molecule has 0 bridgehead atoms. The number of carbonyl (C=O) groups is 1. The fourth-order valence-electron chi connectivity index (χ4n) is 1.17. The molecule has 1 fully saturated rings. The van der Waals surface area contributed by atoms with E-state index in [0.717, 1.165) is 12.8 Å². The van der Waals surface area contributed by atoms with Crippen LogP contribution in [0.15, 0.2) is 0 Å². The van der Waals surface area contributed by atoms with Crippen LogP contribution < -0.4 is 5.48 Å². The van der Waals surface area contributed by atoms with Crippen LogP contribution in [0.2, 0.25) is 0 Å². The summed E-state index contributed by atoms with van der Waals surface area (Å²) in [4.78, 5) is 15.5. The number of hydrogen-bond acceptors (Lipinski definition) is 2. The molecule has 1 aliphatic carbocycles. The zero-order valence-corrected chi connectivity index (χ0v) is 6.30. The molecule has 3 heteroatoms. The molecule has 60 valence electrons. The van der Waals surface area contributed by atoms with Crippen molar-refractivity contribution in [3.63, 3.8) is 0 Å². The highest BCUT2D eigenvalue weighted by atomic mass is 16.7. The molecule has 0 radical (unpaired) electrons. The summed E-state index contributed by atoms with van der Waals surface area (Å²) < 4.78 is 0. The first-order valence-corrected chi connectivity index (χ1v) is 3.75. The Labute approximate surface area is 66.1 Å². The number of carbonyl (C=O) groups excluding carboxylic acids is 1. The first-order valence-electron chi connectivity index (χ1n) is 3.75. The third kappa shape index (κ3) is 2.60. The van der Waals surface area contributed by atoms with Crippen LogP contribution in [-0.4, -0.2) is 12.0 Å². The van der Waals surface area contributed by atoms with Crippen LogP contribution in [-0.2, 0) is 9.63 Å². The first-order chi connectivity index (χ1) is 5.33. The highest BCUT2D eigenvalue weighted by Crippen LogP contribution is 2.19. The number of rotatable bonds is 2. The van der Waals surface area contributed by atoms with Crippen molar-refractivity contribution in [2.24, 2.45) is 0 Å². The fraction of sp³-hybridized carbons (Fsp3) is 0.625. The Kier molecular flexibility index (Phi) is 2.94. The smallest absolute Gasteiger partial charge is 0.270 e. The Hall–Kier alpha value is -1.01. The summed E-state index contributed by atoms with van der Waals surface area (Å²) in [5.41, 5.74) is 2.20. The van der Waals surface area contributed by atoms with Crippen LogP contribution in [0.3, 0.4) is 0 Å². The van der Waals surface area contributed by atoms with Crippen molar-refractivity contribution >= 4 is 5.91 Å². The number of terminal acetylenes is 1. The molecular weight excluding hydrogens is 142 g/mol. The van der Waals surface area contributed by atoms with Gasteiger partial charge >= 0.3 is 5.91 Å². The molecule has 1 aliphatic rings. The first kappa shape index (κ1) is 8.09. The maximum atomic E-state index is 10.5. The van der Waals surface area contributed by atoms with E-state index in [0.29, 0.717) is 0 Å². The molecule has 1 saturated carbocycles. The van der Waals surface area contributed by atoms with Crippen LogP contribution in [0.25, 0.3) is 0 Å². The van der Waals surface area contributed by atoms with Crippen LogP contribution >= 0.6 is 0 Å². The van der Waals surface area contributed by atoms with Crippen LogP contribution in [0.4, 0.5) is 0 Å². The monoisotopic (exact) mass is 153 g/mol. The second-order valence-corrected chi connectivity index (χ2v) is 2.60. The zero-order chi connectivity index (χ0) is 8.10. The predicted molar refractivity (Wildman–Crippen MR) is 40.3 cm³/mol. The number of hydrogen-bond donors (Lipinski definition) is 1. The molecule has 0 aromatic carbocycles. The fourth-order valence-corrected chi connectivity index (χ4v) is 1.17. The van der Waals surface area contributed by atoms with Gasteiger partial charge in [0.05, 0.1) is 6.10 Å². The van der Waals surface area contributed by atoms with Crippen molar-refractivity contribution in [1.29, 1.82) is 0 Å². The van der Waals surface area contributed by atoms with E-state index in [4.69, 9.17) is 11.3 Å². The Morgan fingerprint density at radius 1 is 1.55 bits per heavy atom. The molecule has 1 amide bonds. The highest BCUT2D eigenvalue weighted by Gasteiger charge is 2.15. The van der Waals surface area contributed by atoms with Crippen molar-refractivity contribution in [1.82, 2.24) is 5.48 Å². The summed E-state index contributed by atoms with van der Waals surface area (Å²) in [6.07, 6.45) is 9.38. The molecule has 1 N–H and O–H groups in total. The van der Waals surface area contributed by atoms with Crippen molar-refractivity contribution in [3.05, 3.63) is 0 Å². The molecule has 0 aliphatic heterocycles. The van der Waals surface area contributed by atoms with E-state index in [1.54, 1.807) is 0 Å². The Morgan fingerprint density at radius 2 is 2.18 bits per heavy atom. The van der Waals surface area contributed by atoms with Crippen molar-refractivity contribution in [2.75, 3.05) is 0 Å². The lowest BCUT2D eigenvalue weighted by Gasteiger charge is -2.08. The summed E-state index contributed by atoms with van der Waals surface area (Å²) in [6.45, 7) is 0. The van der Waals surface area contributed by atoms with Gasteiger partial charge in [0.2, 0.25) is 0 Å². The molecule has 0 unspecified atom stereocenters. The second kappa shape index (κ2) is 3.99. The van der Waals surface area contributed by atoms with Gasteiger partial charge in [0.25, 0.3) is 0 Å². The molecule has 0 heterocycles. The molecule has 0 aromatic rings. The van der Waals surface area contributed by atoms with Gasteiger partial charge in [-0.25, -0.2) is 5.48 Å². The summed E-state index contributed by atoms with van der Waals surface area (Å²) >= 11 is 0. The van der Waals surface area contributed by atoms with E-state index >= 15 is 0 Å². The third-order valence-electron chi connectivity index (χ3n) is 1.75. The Bertz CT molecular complexity index is 177. The van der Waals surface area contributed by atoms with Crippen LogP contribution in [0.5, 0.6) is 0 Å². The molecule has 0 spiro atoms. The van der Waals surface area contributed by atoms with E-state index in [2.05, 4.69) is 5.48 Å². The van der Waals surface area contributed by atoms with Gasteiger partial charge in [-0.1, -0.05) is 12.8 Å². The van der Waals surface area contributed by atoms with E-state index in [9.17, 15) is 4.79 Å². The molecule has 11 heavy (non-hydrogen) atoms. The van der Waals surface area contributed by atoms with E-state index in [-0.39, 0.29) is 6.10 Å².